The van der Waals surface area contributed by atoms with Gasteiger partial charge in [-0.3, -0.25) is 29.0 Å². The minimum absolute atomic E-state index is 0.000437. The third kappa shape index (κ3) is 20.2. The molecule has 7 aliphatic heterocycles. The van der Waals surface area contributed by atoms with Gasteiger partial charge in [0.15, 0.2) is 40.3 Å². The van der Waals surface area contributed by atoms with Gasteiger partial charge in [0.05, 0.1) is 52.9 Å². The first-order chi connectivity index (χ1) is 53.1. The number of likely N-dealkylation sites (N-methyl/N-ethyl adjacent to an activating group) is 2. The summed E-state index contributed by atoms with van der Waals surface area (Å²) in [5, 5.41) is 33.8. The Balaban J connectivity index is 0.000000249. The van der Waals surface area contributed by atoms with Crippen LogP contribution in [0.4, 0.5) is 0 Å². The summed E-state index contributed by atoms with van der Waals surface area (Å²) < 4.78 is 66.5. The summed E-state index contributed by atoms with van der Waals surface area (Å²) in [5.74, 6) is -2.55. The maximum Gasteiger partial charge on any atom is 0.329 e. The monoisotopic (exact) mass is 1540 g/mol. The molecule has 4 aromatic carbocycles. The Morgan fingerprint density at radius 3 is 2.02 bits per heavy atom. The molecule has 3 N–H and O–H groups in total. The van der Waals surface area contributed by atoms with Crippen LogP contribution in [-0.2, 0) is 73.3 Å². The first-order valence-corrected chi connectivity index (χ1v) is 39.8. The molecule has 12 rings (SSSR count). The number of benzene rings is 4. The van der Waals surface area contributed by atoms with E-state index in [1.165, 1.54) is 34.3 Å². The molecule has 3 fully saturated rings. The highest BCUT2D eigenvalue weighted by atomic mass is 16.6. The van der Waals surface area contributed by atoms with E-state index in [2.05, 4.69) is 66.4 Å². The number of fused-ring (bicyclic) bond motifs is 5. The van der Waals surface area contributed by atoms with Crippen LogP contribution in [0.3, 0.4) is 0 Å². The molecular weight excluding hydrogens is 1410 g/mol. The number of esters is 1. The van der Waals surface area contributed by atoms with Gasteiger partial charge in [0.25, 0.3) is 11.7 Å². The minimum Gasteiger partial charge on any atom is -0.493 e. The van der Waals surface area contributed by atoms with Crippen molar-refractivity contribution in [1.29, 1.82) is 0 Å². The molecule has 8 aliphatic rings. The van der Waals surface area contributed by atoms with Gasteiger partial charge in [-0.05, 0) is 217 Å². The lowest BCUT2D eigenvalue weighted by Crippen LogP contribution is -2.61. The predicted octanol–water partition coefficient (Wildman–Crippen LogP) is 13.3. The second-order valence-electron chi connectivity index (χ2n) is 32.0. The number of rotatable bonds is 10. The maximum atomic E-state index is 14.4. The zero-order chi connectivity index (χ0) is 80.1. The van der Waals surface area contributed by atoms with Crippen molar-refractivity contribution in [3.8, 4) is 46.0 Å². The Morgan fingerprint density at radius 1 is 0.640 bits per heavy atom. The zero-order valence-electron chi connectivity index (χ0n) is 68.1. The fraction of sp³-hybridized carbons (Fsp3) is 0.584. The number of piperidine rings is 1. The summed E-state index contributed by atoms with van der Waals surface area (Å²) in [6, 6.07) is 20.1. The van der Waals surface area contributed by atoms with Gasteiger partial charge in [-0.25, -0.2) is 4.79 Å². The van der Waals surface area contributed by atoms with E-state index in [9.17, 15) is 39.3 Å². The van der Waals surface area contributed by atoms with Crippen LogP contribution in [0.15, 0.2) is 108 Å². The second-order valence-corrected chi connectivity index (χ2v) is 32.0. The molecule has 8 bridgehead atoms. The molecule has 0 aromatic heterocycles. The molecule has 0 radical (unpaired) electrons. The molecule has 1 aliphatic carbocycles. The number of hydrogen-bond donors (Lipinski definition) is 3. The third-order valence-corrected chi connectivity index (χ3v) is 24.3. The molecule has 1 saturated carbocycles. The van der Waals surface area contributed by atoms with Gasteiger partial charge in [0, 0.05) is 89.2 Å². The second kappa shape index (κ2) is 38.8. The summed E-state index contributed by atoms with van der Waals surface area (Å²) in [7, 11) is 15.6. The molecule has 0 spiro atoms. The fourth-order valence-corrected chi connectivity index (χ4v) is 17.4. The highest BCUT2D eigenvalue weighted by molar-refractivity contribution is 6.39. The van der Waals surface area contributed by atoms with E-state index < -0.39 is 83.9 Å². The molecule has 17 atom stereocenters. The van der Waals surface area contributed by atoms with Crippen LogP contribution in [0.25, 0.3) is 0 Å². The van der Waals surface area contributed by atoms with Crippen LogP contribution in [0.1, 0.15) is 171 Å². The Bertz CT molecular complexity index is 4020. The zero-order valence-corrected chi connectivity index (χ0v) is 68.1. The molecular formula is C89H121N3O19. The van der Waals surface area contributed by atoms with Crippen molar-refractivity contribution >= 4 is 29.2 Å². The van der Waals surface area contributed by atoms with Gasteiger partial charge in [-0.2, -0.15) is 0 Å². The number of amides is 1. The molecule has 111 heavy (non-hydrogen) atoms. The molecule has 4 aromatic rings. The lowest BCUT2D eigenvalue weighted by Gasteiger charge is -2.42. The number of methoxy groups -OCH3 is 7. The standard InChI is InChI=1S/C51H79NO13.C38H42N2O6/c1-30-16-12-11-13-17-31(2)42(61-8)28-38-21-19-36(7)51(60,65-38)48(57)49(58)52-23-15-14-18-39(52)50(59)64-43(33(4)26-37-20-22-40(53)44(27-37)62-9)29-41(54)32(3)25-35(6)46(56)47(63-10)45(55)34(5)24-30;1-39-15-13-25-20-32(42-4)34-22-28(25)29(39)17-23-7-10-27(11-8-23)45-33-19-24(9-12-31(33)41-3)18-30-36-26(14-16-40(30)2)21-35(43-5)37(44-6)38(36)46-34/h11-13,16-17,25,30,32-34,36-40,42-44,46-47,53,56,60H,14-15,18-24,26-29H2,1-10H3;7-12,19-22,29-30H,13-18H2,1-6H3/b13-11+,16-12+,31-17+,35-25+;/t30-,32-,33-,34-,36-,37+,38+,39+,40-,42+,43+,44-,46-,47+,51-;29-,30-/m10/s1. The molecule has 1 amide bonds. The number of ether oxygens (including phenoxy) is 11. The molecule has 22 heteroatoms. The minimum atomic E-state index is -2.43. The Morgan fingerprint density at radius 2 is 1.32 bits per heavy atom. The summed E-state index contributed by atoms with van der Waals surface area (Å²) in [6.45, 7) is 14.6. The number of carbonyl (C=O) groups is 5. The van der Waals surface area contributed by atoms with Crippen LogP contribution in [0, 0.1) is 35.5 Å². The van der Waals surface area contributed by atoms with Gasteiger partial charge in [0.2, 0.25) is 11.5 Å². The SMILES string of the molecule is CO[C@H]1C[C@@H]2CC[C@@H](C)[C@@](O)(O2)C(=O)C(=O)N2CCCC[C@H]2C(=O)O[C@H]([C@H](C)C[C@@H]2CC[C@@H](O)[C@H](OC)C2)CC(=O)[C@H](C)/C=C(\C)[C@@H](O)[C@@H](OC)C(=O)[C@H](C)C[C@H](C)/C=C/C=C/C=C/1C.COc1ccc2cc1Oc1ccc(cc1)C[C@H]1c3cc(c(OC)cc3CCN1C)Oc1c(OC)c(OC)cc3c1[C@H](C2)N(C)CC3. The van der Waals surface area contributed by atoms with E-state index in [4.69, 9.17) is 52.1 Å². The van der Waals surface area contributed by atoms with Gasteiger partial charge < -0.3 is 72.3 Å². The summed E-state index contributed by atoms with van der Waals surface area (Å²) in [5.41, 5.74) is 8.42. The third-order valence-electron chi connectivity index (χ3n) is 24.3. The van der Waals surface area contributed by atoms with Gasteiger partial charge >= 0.3 is 5.97 Å². The summed E-state index contributed by atoms with van der Waals surface area (Å²) in [6.07, 6.45) is 14.6. The Hall–Kier alpha value is -7.77. The van der Waals surface area contributed by atoms with Gasteiger partial charge in [-0.1, -0.05) is 89.3 Å². The van der Waals surface area contributed by atoms with E-state index in [1.807, 2.05) is 76.3 Å². The maximum absolute atomic E-state index is 14.4. The number of allylic oxidation sites excluding steroid dienone is 6. The number of carbonyl (C=O) groups excluding carboxylic acids is 5. The smallest absolute Gasteiger partial charge is 0.329 e. The van der Waals surface area contributed by atoms with E-state index in [0.717, 1.165) is 67.6 Å². The quantitative estimate of drug-likeness (QED) is 0.0757. The molecule has 22 nitrogen and oxygen atoms in total. The highest BCUT2D eigenvalue weighted by Gasteiger charge is 2.53. The number of ketones is 3. The van der Waals surface area contributed by atoms with Crippen molar-refractivity contribution in [1.82, 2.24) is 14.7 Å². The number of nitrogens with zero attached hydrogens (tertiary/aromatic N) is 3. The van der Waals surface area contributed by atoms with E-state index in [1.54, 1.807) is 69.5 Å². The Kier molecular flexibility index (Phi) is 30.0. The van der Waals surface area contributed by atoms with Gasteiger partial charge in [0.1, 0.15) is 35.9 Å². The number of cyclic esters (lactones) is 1. The number of aliphatic hydroxyl groups excluding tert-OH is 2. The molecule has 0 unspecified atom stereocenters. The van der Waals surface area contributed by atoms with E-state index in [0.29, 0.717) is 104 Å². The van der Waals surface area contributed by atoms with E-state index >= 15 is 0 Å². The summed E-state index contributed by atoms with van der Waals surface area (Å²) >= 11 is 0. The van der Waals surface area contributed by atoms with Crippen molar-refractivity contribution in [3.05, 3.63) is 142 Å². The molecule has 2 saturated heterocycles. The van der Waals surface area contributed by atoms with Crippen LogP contribution in [0.5, 0.6) is 46.0 Å². The average Bonchev–Trinajstić information content (AvgIpc) is 0.755. The number of Topliss-reactive ketones (excluding diaryl/α,β-unsaturated/α-hetero) is 3. The van der Waals surface area contributed by atoms with Gasteiger partial charge in [-0.15, -0.1) is 0 Å². The fourth-order valence-electron chi connectivity index (χ4n) is 17.4. The van der Waals surface area contributed by atoms with E-state index in [-0.39, 0.29) is 66.9 Å². The number of aliphatic hydroxyl groups is 3. The van der Waals surface area contributed by atoms with Crippen LogP contribution in [0.2, 0.25) is 0 Å². The average molecular weight is 1540 g/mol. The first-order valence-electron chi connectivity index (χ1n) is 39.8. The van der Waals surface area contributed by atoms with Crippen molar-refractivity contribution in [2.75, 3.05) is 83.5 Å². The Labute approximate surface area is 656 Å². The van der Waals surface area contributed by atoms with Crippen LogP contribution >= 0.6 is 0 Å². The van der Waals surface area contributed by atoms with Crippen LogP contribution < -0.4 is 28.4 Å². The van der Waals surface area contributed by atoms with Crippen LogP contribution in [-0.4, -0.2) is 197 Å². The lowest BCUT2D eigenvalue weighted by molar-refractivity contribution is -0.265. The van der Waals surface area contributed by atoms with Crippen molar-refractivity contribution in [2.24, 2.45) is 35.5 Å². The largest absolute Gasteiger partial charge is 0.493 e. The summed E-state index contributed by atoms with van der Waals surface area (Å²) in [4.78, 5) is 76.6. The highest BCUT2D eigenvalue weighted by Crippen LogP contribution is 2.53. The molecule has 606 valence electrons. The van der Waals surface area contributed by atoms with Crippen molar-refractivity contribution < 1.29 is 91.4 Å². The number of hydrogen-bond acceptors (Lipinski definition) is 21. The normalized spacial score (nSPS) is 31.6. The molecule has 7 heterocycles. The topological polar surface area (TPSA) is 257 Å². The lowest BCUT2D eigenvalue weighted by atomic mass is 9.78. The first kappa shape index (κ1) is 85.7. The predicted molar refractivity (Wildman–Crippen MR) is 423 cm³/mol. The van der Waals surface area contributed by atoms with Crippen molar-refractivity contribution in [2.45, 2.75) is 218 Å². The van der Waals surface area contributed by atoms with Crippen molar-refractivity contribution in [3.63, 3.8) is 0 Å².